The van der Waals surface area contributed by atoms with Crippen LogP contribution >= 0.6 is 12.2 Å². The highest BCUT2D eigenvalue weighted by molar-refractivity contribution is 7.80. The second-order valence-corrected chi connectivity index (χ2v) is 13.9. The summed E-state index contributed by atoms with van der Waals surface area (Å²) in [7, 11) is 2.94. The average molecular weight is 693 g/mol. The van der Waals surface area contributed by atoms with Crippen LogP contribution in [0, 0.1) is 5.92 Å². The summed E-state index contributed by atoms with van der Waals surface area (Å²) >= 11 is 5.88. The zero-order valence-electron chi connectivity index (χ0n) is 29.6. The average Bonchev–Trinajstić information content (AvgIpc) is 3.49. The second-order valence-electron chi connectivity index (χ2n) is 13.5. The van der Waals surface area contributed by atoms with Crippen molar-refractivity contribution in [3.63, 3.8) is 0 Å². The molecule has 11 nitrogen and oxygen atoms in total. The van der Waals surface area contributed by atoms with E-state index < -0.39 is 41.9 Å². The number of likely N-dealkylation sites (tertiary alicyclic amines) is 1. The number of carbonyl (C=O) groups excluding carboxylic acids is 3. The van der Waals surface area contributed by atoms with Gasteiger partial charge >= 0.3 is 12.1 Å². The number of aromatic nitrogens is 1. The number of pyridine rings is 1. The first kappa shape index (κ1) is 37.4. The molecule has 0 spiro atoms. The van der Waals surface area contributed by atoms with Gasteiger partial charge in [0.2, 0.25) is 5.91 Å². The molecule has 1 aromatic heterocycles. The topological polar surface area (TPSA) is 128 Å². The SMILES string of the molecule is CCC[C@H](NC(=S)[C@@H]1CC(Oc2cc(-c3ccccc3)nc3cc(OC)ccc23)CN1C(=O)[C@@H](NC(=O)OC(C)(C)C)C(C)C)C(=O)OC. The van der Waals surface area contributed by atoms with Gasteiger partial charge in [-0.25, -0.2) is 14.6 Å². The molecule has 0 aliphatic carbocycles. The Kier molecular flexibility index (Phi) is 12.4. The molecule has 1 saturated heterocycles. The molecule has 1 aliphatic rings. The van der Waals surface area contributed by atoms with E-state index in [1.807, 2.05) is 75.4 Å². The Balaban J connectivity index is 1.70. The summed E-state index contributed by atoms with van der Waals surface area (Å²) in [5.41, 5.74) is 1.59. The third-order valence-corrected chi connectivity index (χ3v) is 8.57. The van der Waals surface area contributed by atoms with E-state index in [1.165, 1.54) is 7.11 Å². The molecule has 2 amide bonds. The van der Waals surface area contributed by atoms with Gasteiger partial charge in [0.1, 0.15) is 35.3 Å². The molecule has 264 valence electrons. The highest BCUT2D eigenvalue weighted by atomic mass is 32.1. The number of nitrogens with zero attached hydrogens (tertiary/aromatic N) is 2. The van der Waals surface area contributed by atoms with Crippen LogP contribution in [-0.2, 0) is 19.1 Å². The quantitative estimate of drug-likeness (QED) is 0.171. The van der Waals surface area contributed by atoms with Crippen LogP contribution in [-0.4, -0.2) is 83.4 Å². The van der Waals surface area contributed by atoms with E-state index in [0.717, 1.165) is 16.6 Å². The second kappa shape index (κ2) is 16.3. The lowest BCUT2D eigenvalue weighted by atomic mass is 10.0. The number of alkyl carbamates (subject to hydrolysis) is 1. The van der Waals surface area contributed by atoms with Gasteiger partial charge in [0.15, 0.2) is 0 Å². The maximum atomic E-state index is 14.3. The van der Waals surface area contributed by atoms with E-state index in [0.29, 0.717) is 41.3 Å². The smallest absolute Gasteiger partial charge is 0.408 e. The van der Waals surface area contributed by atoms with Crippen LogP contribution in [0.15, 0.2) is 54.6 Å². The third-order valence-electron chi connectivity index (χ3n) is 8.18. The molecule has 49 heavy (non-hydrogen) atoms. The van der Waals surface area contributed by atoms with Crippen LogP contribution in [0.4, 0.5) is 4.79 Å². The molecule has 4 rings (SSSR count). The molecule has 2 aromatic carbocycles. The number of rotatable bonds is 12. The summed E-state index contributed by atoms with van der Waals surface area (Å²) < 4.78 is 22.7. The molecule has 1 fully saturated rings. The Hall–Kier alpha value is -4.45. The summed E-state index contributed by atoms with van der Waals surface area (Å²) in [5.74, 6) is 0.216. The van der Waals surface area contributed by atoms with Crippen molar-refractivity contribution in [2.45, 2.75) is 90.6 Å². The zero-order valence-corrected chi connectivity index (χ0v) is 30.4. The lowest BCUT2D eigenvalue weighted by Crippen LogP contribution is -2.56. The summed E-state index contributed by atoms with van der Waals surface area (Å²) in [6.07, 6.45) is 0.381. The number of fused-ring (bicyclic) bond motifs is 1. The fourth-order valence-corrected chi connectivity index (χ4v) is 6.15. The van der Waals surface area contributed by atoms with E-state index in [9.17, 15) is 14.4 Å². The molecular weight excluding hydrogens is 644 g/mol. The van der Waals surface area contributed by atoms with Crippen molar-refractivity contribution >= 4 is 46.1 Å². The minimum Gasteiger partial charge on any atom is -0.497 e. The van der Waals surface area contributed by atoms with Gasteiger partial charge in [0.05, 0.1) is 43.0 Å². The van der Waals surface area contributed by atoms with Gasteiger partial charge in [0.25, 0.3) is 0 Å². The maximum Gasteiger partial charge on any atom is 0.408 e. The number of esters is 1. The normalized spacial score (nSPS) is 17.3. The van der Waals surface area contributed by atoms with Crippen LogP contribution in [0.3, 0.4) is 0 Å². The lowest BCUT2D eigenvalue weighted by molar-refractivity contribution is -0.142. The zero-order chi connectivity index (χ0) is 35.9. The fraction of sp³-hybridized carbons (Fsp3) is 0.486. The van der Waals surface area contributed by atoms with Crippen LogP contribution in [0.1, 0.15) is 60.8 Å². The van der Waals surface area contributed by atoms with Crippen molar-refractivity contribution in [1.82, 2.24) is 20.5 Å². The number of ether oxygens (including phenoxy) is 4. The first-order valence-electron chi connectivity index (χ1n) is 16.6. The van der Waals surface area contributed by atoms with Crippen molar-refractivity contribution in [3.05, 3.63) is 54.6 Å². The van der Waals surface area contributed by atoms with Gasteiger partial charge < -0.3 is 34.5 Å². The summed E-state index contributed by atoms with van der Waals surface area (Å²) in [6.45, 7) is 11.1. The molecule has 0 radical (unpaired) electrons. The monoisotopic (exact) mass is 692 g/mol. The highest BCUT2D eigenvalue weighted by Crippen LogP contribution is 2.35. The lowest BCUT2D eigenvalue weighted by Gasteiger charge is -2.32. The maximum absolute atomic E-state index is 14.3. The molecule has 12 heteroatoms. The molecule has 0 saturated carbocycles. The molecule has 1 aliphatic heterocycles. The summed E-state index contributed by atoms with van der Waals surface area (Å²) in [5, 5.41) is 6.72. The number of nitrogens with one attached hydrogen (secondary N) is 2. The van der Waals surface area contributed by atoms with Crippen molar-refractivity contribution in [2.75, 3.05) is 20.8 Å². The number of methoxy groups -OCH3 is 2. The largest absolute Gasteiger partial charge is 0.497 e. The van der Waals surface area contributed by atoms with Crippen LogP contribution in [0.5, 0.6) is 11.5 Å². The van der Waals surface area contributed by atoms with Crippen LogP contribution < -0.4 is 20.1 Å². The van der Waals surface area contributed by atoms with Gasteiger partial charge in [-0.15, -0.1) is 0 Å². The van der Waals surface area contributed by atoms with E-state index >= 15 is 0 Å². The van der Waals surface area contributed by atoms with Crippen LogP contribution in [0.25, 0.3) is 22.2 Å². The Labute approximate surface area is 294 Å². The summed E-state index contributed by atoms with van der Waals surface area (Å²) in [6, 6.07) is 15.1. The third kappa shape index (κ3) is 9.59. The highest BCUT2D eigenvalue weighted by Gasteiger charge is 2.43. The number of amides is 2. The van der Waals surface area contributed by atoms with Crippen molar-refractivity contribution < 1.29 is 33.3 Å². The van der Waals surface area contributed by atoms with Gasteiger partial charge in [-0.05, 0) is 45.2 Å². The van der Waals surface area contributed by atoms with Gasteiger partial charge in [0, 0.05) is 29.5 Å². The standard InChI is InChI=1S/C37H48N4O7S/c1-9-13-27(35(43)46-8)39-33(49)30-19-25(21-41(30)34(42)32(22(2)3)40-36(44)48-37(4,5)6)47-31-20-28(23-14-11-10-12-15-23)38-29-18-24(45-7)16-17-26(29)31/h10-12,14-18,20,22,25,27,30,32H,9,13,19,21H2,1-8H3,(H,39,49)(H,40,44)/t25?,27-,30-,32-/m0/s1. The Morgan fingerprint density at radius 2 is 1.76 bits per heavy atom. The van der Waals surface area contributed by atoms with E-state index in [-0.39, 0.29) is 18.4 Å². The van der Waals surface area contributed by atoms with E-state index in [1.54, 1.807) is 32.8 Å². The number of hydrogen-bond acceptors (Lipinski definition) is 9. The van der Waals surface area contributed by atoms with Gasteiger partial charge in [-0.2, -0.15) is 0 Å². The molecule has 2 heterocycles. The predicted octanol–water partition coefficient (Wildman–Crippen LogP) is 6.07. The van der Waals surface area contributed by atoms with Crippen LogP contribution in [0.2, 0.25) is 0 Å². The predicted molar refractivity (Wildman–Crippen MR) is 193 cm³/mol. The molecule has 4 atom stereocenters. The molecule has 3 aromatic rings. The molecular formula is C37H48N4O7S. The van der Waals surface area contributed by atoms with E-state index in [4.69, 9.17) is 36.1 Å². The molecule has 1 unspecified atom stereocenters. The Morgan fingerprint density at radius 3 is 2.37 bits per heavy atom. The number of benzene rings is 2. The summed E-state index contributed by atoms with van der Waals surface area (Å²) in [4.78, 5) is 46.6. The minimum absolute atomic E-state index is 0.182. The van der Waals surface area contributed by atoms with E-state index in [2.05, 4.69) is 10.6 Å². The van der Waals surface area contributed by atoms with Crippen molar-refractivity contribution in [2.24, 2.45) is 5.92 Å². The Bertz CT molecular complexity index is 1640. The first-order valence-corrected chi connectivity index (χ1v) is 17.0. The van der Waals surface area contributed by atoms with Crippen molar-refractivity contribution in [1.29, 1.82) is 0 Å². The first-order chi connectivity index (χ1) is 23.2. The molecule has 2 N–H and O–H groups in total. The van der Waals surface area contributed by atoms with Gasteiger partial charge in [-0.3, -0.25) is 4.79 Å². The van der Waals surface area contributed by atoms with Gasteiger partial charge in [-0.1, -0.05) is 69.7 Å². The van der Waals surface area contributed by atoms with Crippen molar-refractivity contribution in [3.8, 4) is 22.8 Å². The fourth-order valence-electron chi connectivity index (χ4n) is 5.79. The number of carbonyl (C=O) groups is 3. The number of hydrogen-bond donors (Lipinski definition) is 2. The minimum atomic E-state index is -0.898. The number of thiocarbonyl (C=S) groups is 1. The molecule has 0 bridgehead atoms. The Morgan fingerprint density at radius 1 is 1.04 bits per heavy atom.